The van der Waals surface area contributed by atoms with Crippen molar-refractivity contribution in [2.45, 2.75) is 264 Å². The summed E-state index contributed by atoms with van der Waals surface area (Å²) in [5.41, 5.74) is 0. The Morgan fingerprint density at radius 3 is 1.16 bits per heavy atom. The molecule has 0 aromatic heterocycles. The fourth-order valence-electron chi connectivity index (χ4n) is 7.51. The standard InChI is InChI=1S/C53H97NO3/c1-3-5-7-9-11-13-15-17-19-21-23-25-26-27-28-29-31-33-35-37-39-41-43-45-47-49-53(57)54-51(50-55)52(56)48-46-44-42-40-38-36-34-32-30-24-22-20-18-16-14-12-10-8-6-4-2/h5,7,11,13,17,19,23,25,27-28,51-52,55-56H,3-4,6,8-10,12,14-16,18,20-22,24,26,29-50H2,1-2H3,(H,54,57)/b7-5-,13-11-,19-17-,25-23-,28-27-. The van der Waals surface area contributed by atoms with Crippen molar-refractivity contribution in [1.29, 1.82) is 0 Å². The number of aliphatic hydroxyl groups excluding tert-OH is 2. The van der Waals surface area contributed by atoms with Gasteiger partial charge in [-0.05, 0) is 57.8 Å². The first-order valence-electron chi connectivity index (χ1n) is 25.0. The molecule has 332 valence electrons. The monoisotopic (exact) mass is 796 g/mol. The zero-order valence-electron chi connectivity index (χ0n) is 38.1. The quantitative estimate of drug-likeness (QED) is 0.0425. The van der Waals surface area contributed by atoms with E-state index in [1.165, 1.54) is 167 Å². The summed E-state index contributed by atoms with van der Waals surface area (Å²) < 4.78 is 0. The van der Waals surface area contributed by atoms with Gasteiger partial charge in [-0.3, -0.25) is 4.79 Å². The molecule has 0 fully saturated rings. The first-order chi connectivity index (χ1) is 28.2. The second-order valence-electron chi connectivity index (χ2n) is 16.9. The van der Waals surface area contributed by atoms with E-state index in [0.717, 1.165) is 57.8 Å². The Morgan fingerprint density at radius 2 is 0.772 bits per heavy atom. The van der Waals surface area contributed by atoms with E-state index < -0.39 is 12.1 Å². The van der Waals surface area contributed by atoms with Crippen LogP contribution in [0.2, 0.25) is 0 Å². The third-order valence-electron chi connectivity index (χ3n) is 11.3. The lowest BCUT2D eigenvalue weighted by molar-refractivity contribution is -0.123. The van der Waals surface area contributed by atoms with E-state index in [2.05, 4.69) is 79.9 Å². The summed E-state index contributed by atoms with van der Waals surface area (Å²) >= 11 is 0. The summed E-state index contributed by atoms with van der Waals surface area (Å²) in [7, 11) is 0. The van der Waals surface area contributed by atoms with Crippen LogP contribution in [0.5, 0.6) is 0 Å². The van der Waals surface area contributed by atoms with Crippen molar-refractivity contribution in [3.05, 3.63) is 60.8 Å². The van der Waals surface area contributed by atoms with E-state index in [-0.39, 0.29) is 12.5 Å². The Labute approximate surface area is 356 Å². The summed E-state index contributed by atoms with van der Waals surface area (Å²) in [6, 6.07) is -0.543. The van der Waals surface area contributed by atoms with Crippen LogP contribution in [0.25, 0.3) is 0 Å². The second-order valence-corrected chi connectivity index (χ2v) is 16.9. The summed E-state index contributed by atoms with van der Waals surface area (Å²) in [5, 5.41) is 23.3. The van der Waals surface area contributed by atoms with E-state index in [4.69, 9.17) is 0 Å². The first-order valence-corrected chi connectivity index (χ1v) is 25.0. The summed E-state index contributed by atoms with van der Waals surface area (Å²) in [6.07, 6.45) is 67.4. The van der Waals surface area contributed by atoms with Gasteiger partial charge in [-0.15, -0.1) is 0 Å². The van der Waals surface area contributed by atoms with Crippen molar-refractivity contribution in [2.75, 3.05) is 6.61 Å². The molecule has 0 aliphatic heterocycles. The number of unbranched alkanes of at least 4 members (excludes halogenated alkanes) is 28. The van der Waals surface area contributed by atoms with Crippen molar-refractivity contribution in [3.63, 3.8) is 0 Å². The van der Waals surface area contributed by atoms with Gasteiger partial charge in [-0.25, -0.2) is 0 Å². The van der Waals surface area contributed by atoms with Gasteiger partial charge in [0.25, 0.3) is 0 Å². The lowest BCUT2D eigenvalue weighted by Crippen LogP contribution is -2.45. The van der Waals surface area contributed by atoms with E-state index in [1.54, 1.807) is 0 Å². The largest absolute Gasteiger partial charge is 0.394 e. The van der Waals surface area contributed by atoms with Crippen LogP contribution < -0.4 is 5.32 Å². The van der Waals surface area contributed by atoms with Crippen LogP contribution in [0.15, 0.2) is 60.8 Å². The molecule has 0 saturated heterocycles. The maximum atomic E-state index is 12.5. The van der Waals surface area contributed by atoms with Gasteiger partial charge < -0.3 is 15.5 Å². The Morgan fingerprint density at radius 1 is 0.439 bits per heavy atom. The molecule has 4 nitrogen and oxygen atoms in total. The second kappa shape index (κ2) is 48.5. The highest BCUT2D eigenvalue weighted by atomic mass is 16.3. The van der Waals surface area contributed by atoms with Crippen LogP contribution in [0.1, 0.15) is 251 Å². The summed E-state index contributed by atoms with van der Waals surface area (Å²) in [4.78, 5) is 12.5. The molecule has 0 radical (unpaired) electrons. The highest BCUT2D eigenvalue weighted by Gasteiger charge is 2.20. The fraction of sp³-hybridized carbons (Fsp3) is 0.792. The normalized spacial score (nSPS) is 13.4. The minimum absolute atomic E-state index is 0.0379. The average Bonchev–Trinajstić information content (AvgIpc) is 3.22. The summed E-state index contributed by atoms with van der Waals surface area (Å²) in [5.74, 6) is -0.0379. The molecule has 0 saturated carbocycles. The Hall–Kier alpha value is -1.91. The maximum absolute atomic E-state index is 12.5. The topological polar surface area (TPSA) is 69.6 Å². The van der Waals surface area contributed by atoms with Crippen molar-refractivity contribution in [1.82, 2.24) is 5.32 Å². The van der Waals surface area contributed by atoms with Crippen LogP contribution >= 0.6 is 0 Å². The molecule has 0 aliphatic rings. The Kier molecular flexibility index (Phi) is 46.8. The van der Waals surface area contributed by atoms with Crippen molar-refractivity contribution in [3.8, 4) is 0 Å². The number of hydrogen-bond donors (Lipinski definition) is 3. The molecule has 0 rings (SSSR count). The van der Waals surface area contributed by atoms with Crippen LogP contribution in [0.4, 0.5) is 0 Å². The number of allylic oxidation sites excluding steroid dienone is 10. The SMILES string of the molecule is CC/C=C\C/C=C\C/C=C\C/C=C\C/C=C\CCCCCCCCCCCC(=O)NC(CO)C(O)CCCCCCCCCCCCCCCCCCCCCC. The lowest BCUT2D eigenvalue weighted by Gasteiger charge is -2.22. The van der Waals surface area contributed by atoms with Crippen molar-refractivity contribution in [2.24, 2.45) is 0 Å². The van der Waals surface area contributed by atoms with Crippen LogP contribution in [0, 0.1) is 0 Å². The predicted octanol–water partition coefficient (Wildman–Crippen LogP) is 16.1. The van der Waals surface area contributed by atoms with Gasteiger partial charge in [0.15, 0.2) is 0 Å². The van der Waals surface area contributed by atoms with Gasteiger partial charge in [0.2, 0.25) is 5.91 Å². The molecular weight excluding hydrogens is 699 g/mol. The zero-order valence-corrected chi connectivity index (χ0v) is 38.1. The minimum atomic E-state index is -0.665. The number of hydrogen-bond acceptors (Lipinski definition) is 3. The van der Waals surface area contributed by atoms with Crippen LogP contribution in [0.3, 0.4) is 0 Å². The smallest absolute Gasteiger partial charge is 0.220 e. The predicted molar refractivity (Wildman–Crippen MR) is 253 cm³/mol. The maximum Gasteiger partial charge on any atom is 0.220 e. The molecule has 0 spiro atoms. The number of rotatable bonds is 45. The van der Waals surface area contributed by atoms with Gasteiger partial charge in [-0.2, -0.15) is 0 Å². The lowest BCUT2D eigenvalue weighted by atomic mass is 10.0. The Balaban J connectivity index is 3.53. The third-order valence-corrected chi connectivity index (χ3v) is 11.3. The molecule has 0 aromatic carbocycles. The molecule has 0 aliphatic carbocycles. The molecule has 0 bridgehead atoms. The molecule has 3 N–H and O–H groups in total. The van der Waals surface area contributed by atoms with Gasteiger partial charge in [-0.1, -0.05) is 248 Å². The molecule has 57 heavy (non-hydrogen) atoms. The number of carbonyl (C=O) groups is 1. The van der Waals surface area contributed by atoms with E-state index in [1.807, 2.05) is 0 Å². The van der Waals surface area contributed by atoms with E-state index in [0.29, 0.717) is 12.8 Å². The molecule has 1 amide bonds. The van der Waals surface area contributed by atoms with E-state index in [9.17, 15) is 15.0 Å². The highest BCUT2D eigenvalue weighted by molar-refractivity contribution is 5.76. The fourth-order valence-corrected chi connectivity index (χ4v) is 7.51. The summed E-state index contributed by atoms with van der Waals surface area (Å²) in [6.45, 7) is 4.26. The Bertz CT molecular complexity index is 950. The number of nitrogens with one attached hydrogen (secondary N) is 1. The molecule has 2 unspecified atom stereocenters. The van der Waals surface area contributed by atoms with Crippen molar-refractivity contribution < 1.29 is 15.0 Å². The number of aliphatic hydroxyl groups is 2. The number of amides is 1. The van der Waals surface area contributed by atoms with Crippen LogP contribution in [-0.2, 0) is 4.79 Å². The average molecular weight is 796 g/mol. The molecule has 0 heterocycles. The highest BCUT2D eigenvalue weighted by Crippen LogP contribution is 2.16. The number of carbonyl (C=O) groups excluding carboxylic acids is 1. The minimum Gasteiger partial charge on any atom is -0.394 e. The zero-order chi connectivity index (χ0) is 41.4. The van der Waals surface area contributed by atoms with Crippen molar-refractivity contribution >= 4 is 5.91 Å². The van der Waals surface area contributed by atoms with Gasteiger partial charge in [0.1, 0.15) is 0 Å². The van der Waals surface area contributed by atoms with Gasteiger partial charge in [0, 0.05) is 6.42 Å². The van der Waals surface area contributed by atoms with E-state index >= 15 is 0 Å². The van der Waals surface area contributed by atoms with Crippen LogP contribution in [-0.4, -0.2) is 34.9 Å². The molecule has 0 aromatic rings. The van der Waals surface area contributed by atoms with Gasteiger partial charge in [0.05, 0.1) is 18.8 Å². The van der Waals surface area contributed by atoms with Gasteiger partial charge >= 0.3 is 0 Å². The first kappa shape index (κ1) is 55.1. The third kappa shape index (κ3) is 45.0. The molecule has 2 atom stereocenters. The molecule has 4 heteroatoms. The molecular formula is C53H97NO3.